The molecule has 1 atom stereocenters. The molecule has 0 N–H and O–H groups in total. The molecule has 0 heterocycles. The molecule has 0 rings (SSSR count). The topological polar surface area (TPSA) is 43.4 Å². The van der Waals surface area contributed by atoms with Gasteiger partial charge in [0, 0.05) is 0 Å². The fourth-order valence-electron chi connectivity index (χ4n) is 1.08. The van der Waals surface area contributed by atoms with Crippen molar-refractivity contribution in [2.24, 2.45) is 5.92 Å². The number of ketones is 1. The number of hydrogen-bond donors (Lipinski definition) is 0. The highest BCUT2D eigenvalue weighted by molar-refractivity contribution is 7.99. The molecule has 4 heteroatoms. The summed E-state index contributed by atoms with van der Waals surface area (Å²) in [4.78, 5) is 22.5. The number of esters is 1. The zero-order chi connectivity index (χ0) is 11.0. The van der Waals surface area contributed by atoms with Gasteiger partial charge in [0.25, 0.3) is 0 Å². The van der Waals surface area contributed by atoms with Crippen LogP contribution in [0.3, 0.4) is 0 Å². The van der Waals surface area contributed by atoms with E-state index in [1.165, 1.54) is 6.92 Å². The summed E-state index contributed by atoms with van der Waals surface area (Å²) in [6, 6.07) is 0. The lowest BCUT2D eigenvalue weighted by Crippen LogP contribution is -2.25. The van der Waals surface area contributed by atoms with E-state index in [1.807, 2.05) is 0 Å². The van der Waals surface area contributed by atoms with E-state index in [2.05, 4.69) is 6.92 Å². The zero-order valence-corrected chi connectivity index (χ0v) is 9.86. The van der Waals surface area contributed by atoms with Crippen molar-refractivity contribution in [2.45, 2.75) is 27.2 Å². The Hall–Kier alpha value is -0.510. The first-order valence-electron chi connectivity index (χ1n) is 4.88. The normalized spacial score (nSPS) is 12.2. The number of thioether (sulfide) groups is 1. The van der Waals surface area contributed by atoms with Gasteiger partial charge in [-0.1, -0.05) is 6.92 Å². The molecule has 0 amide bonds. The molecular weight excluding hydrogens is 200 g/mol. The highest BCUT2D eigenvalue weighted by Crippen LogP contribution is 2.12. The van der Waals surface area contributed by atoms with E-state index >= 15 is 0 Å². The molecule has 14 heavy (non-hydrogen) atoms. The highest BCUT2D eigenvalue weighted by Gasteiger charge is 2.23. The SMILES string of the molecule is CCOC(=O)C(CCSCC)C(C)=O. The highest BCUT2D eigenvalue weighted by atomic mass is 32.2. The van der Waals surface area contributed by atoms with Gasteiger partial charge in [0.2, 0.25) is 0 Å². The maximum atomic E-state index is 11.3. The van der Waals surface area contributed by atoms with Gasteiger partial charge in [-0.3, -0.25) is 9.59 Å². The van der Waals surface area contributed by atoms with E-state index in [0.717, 1.165) is 11.5 Å². The van der Waals surface area contributed by atoms with Crippen LogP contribution in [0.2, 0.25) is 0 Å². The van der Waals surface area contributed by atoms with Crippen molar-refractivity contribution in [3.05, 3.63) is 0 Å². The Kier molecular flexibility index (Phi) is 7.57. The molecule has 0 saturated heterocycles. The van der Waals surface area contributed by atoms with Crippen LogP contribution in [-0.4, -0.2) is 29.9 Å². The molecule has 0 fully saturated rings. The first-order valence-corrected chi connectivity index (χ1v) is 6.03. The molecule has 82 valence electrons. The average molecular weight is 218 g/mol. The molecule has 0 aromatic heterocycles. The number of carbonyl (C=O) groups is 2. The largest absolute Gasteiger partial charge is 0.465 e. The molecule has 0 aromatic carbocycles. The Morgan fingerprint density at radius 2 is 2.00 bits per heavy atom. The van der Waals surface area contributed by atoms with Crippen LogP contribution >= 0.6 is 11.8 Å². The van der Waals surface area contributed by atoms with E-state index in [4.69, 9.17) is 4.74 Å². The van der Waals surface area contributed by atoms with Crippen molar-refractivity contribution in [2.75, 3.05) is 18.1 Å². The summed E-state index contributed by atoms with van der Waals surface area (Å²) < 4.78 is 4.83. The third kappa shape index (κ3) is 5.27. The van der Waals surface area contributed by atoms with Gasteiger partial charge in [-0.15, -0.1) is 0 Å². The van der Waals surface area contributed by atoms with Crippen LogP contribution in [0.25, 0.3) is 0 Å². The smallest absolute Gasteiger partial charge is 0.316 e. The number of carbonyl (C=O) groups excluding carboxylic acids is 2. The van der Waals surface area contributed by atoms with Gasteiger partial charge >= 0.3 is 5.97 Å². The summed E-state index contributed by atoms with van der Waals surface area (Å²) >= 11 is 1.73. The molecule has 1 unspecified atom stereocenters. The van der Waals surface area contributed by atoms with Crippen LogP contribution in [0, 0.1) is 5.92 Å². The maximum Gasteiger partial charge on any atom is 0.316 e. The van der Waals surface area contributed by atoms with E-state index in [9.17, 15) is 9.59 Å². The zero-order valence-electron chi connectivity index (χ0n) is 9.04. The Morgan fingerprint density at radius 3 is 2.43 bits per heavy atom. The van der Waals surface area contributed by atoms with Crippen molar-refractivity contribution < 1.29 is 14.3 Å². The Bertz CT molecular complexity index is 192. The summed E-state index contributed by atoms with van der Waals surface area (Å²) in [6.45, 7) is 5.58. The summed E-state index contributed by atoms with van der Waals surface area (Å²) in [7, 11) is 0. The van der Waals surface area contributed by atoms with Crippen LogP contribution in [0.4, 0.5) is 0 Å². The molecule has 0 aliphatic carbocycles. The quantitative estimate of drug-likeness (QED) is 0.372. The van der Waals surface area contributed by atoms with Crippen molar-refractivity contribution in [3.8, 4) is 0 Å². The first-order chi connectivity index (χ1) is 6.63. The third-order valence-electron chi connectivity index (χ3n) is 1.82. The lowest BCUT2D eigenvalue weighted by molar-refractivity contribution is -0.151. The van der Waals surface area contributed by atoms with Gasteiger partial charge in [0.05, 0.1) is 6.61 Å². The Labute approximate surface area is 89.6 Å². The van der Waals surface area contributed by atoms with Gasteiger partial charge in [-0.2, -0.15) is 11.8 Å². The molecule has 0 saturated carbocycles. The first kappa shape index (κ1) is 13.5. The van der Waals surface area contributed by atoms with Gasteiger partial charge in [0.1, 0.15) is 11.7 Å². The number of ether oxygens (including phenoxy) is 1. The molecular formula is C10H18O3S. The Morgan fingerprint density at radius 1 is 1.36 bits per heavy atom. The summed E-state index contributed by atoms with van der Waals surface area (Å²) in [5.74, 6) is 0.804. The van der Waals surface area contributed by atoms with Gasteiger partial charge in [-0.05, 0) is 31.8 Å². The van der Waals surface area contributed by atoms with Gasteiger partial charge < -0.3 is 4.74 Å². The number of rotatable bonds is 7. The molecule has 3 nitrogen and oxygen atoms in total. The summed E-state index contributed by atoms with van der Waals surface area (Å²) in [5.41, 5.74) is 0. The number of hydrogen-bond acceptors (Lipinski definition) is 4. The summed E-state index contributed by atoms with van der Waals surface area (Å²) in [5, 5.41) is 0. The second kappa shape index (κ2) is 7.85. The van der Waals surface area contributed by atoms with E-state index in [-0.39, 0.29) is 11.8 Å². The van der Waals surface area contributed by atoms with E-state index < -0.39 is 5.92 Å². The lowest BCUT2D eigenvalue weighted by atomic mass is 10.0. The van der Waals surface area contributed by atoms with Gasteiger partial charge in [0.15, 0.2) is 0 Å². The van der Waals surface area contributed by atoms with Crippen LogP contribution in [0.1, 0.15) is 27.2 Å². The number of Topliss-reactive ketones (excluding diaryl/α,β-unsaturated/α-hetero) is 1. The van der Waals surface area contributed by atoms with Crippen molar-refractivity contribution >= 4 is 23.5 Å². The standard InChI is InChI=1S/C10H18O3S/c1-4-13-10(12)9(8(3)11)6-7-14-5-2/h9H,4-7H2,1-3H3. The van der Waals surface area contributed by atoms with Crippen LogP contribution in [-0.2, 0) is 14.3 Å². The minimum atomic E-state index is -0.561. The monoisotopic (exact) mass is 218 g/mol. The minimum Gasteiger partial charge on any atom is -0.465 e. The van der Waals surface area contributed by atoms with E-state index in [0.29, 0.717) is 13.0 Å². The molecule has 0 aromatic rings. The molecule has 0 aliphatic rings. The fourth-order valence-corrected chi connectivity index (χ4v) is 1.77. The average Bonchev–Trinajstić information content (AvgIpc) is 2.12. The minimum absolute atomic E-state index is 0.0971. The van der Waals surface area contributed by atoms with Crippen molar-refractivity contribution in [1.29, 1.82) is 0 Å². The van der Waals surface area contributed by atoms with Gasteiger partial charge in [-0.25, -0.2) is 0 Å². The molecule has 0 aliphatic heterocycles. The second-order valence-electron chi connectivity index (χ2n) is 2.90. The molecule has 0 spiro atoms. The van der Waals surface area contributed by atoms with Crippen molar-refractivity contribution in [1.82, 2.24) is 0 Å². The second-order valence-corrected chi connectivity index (χ2v) is 4.29. The van der Waals surface area contributed by atoms with Crippen molar-refractivity contribution in [3.63, 3.8) is 0 Å². The predicted octanol–water partition coefficient (Wildman–Crippen LogP) is 1.90. The molecule has 0 radical (unpaired) electrons. The maximum absolute atomic E-state index is 11.3. The van der Waals surface area contributed by atoms with Crippen LogP contribution in [0.15, 0.2) is 0 Å². The molecule has 0 bridgehead atoms. The third-order valence-corrected chi connectivity index (χ3v) is 2.75. The van der Waals surface area contributed by atoms with E-state index in [1.54, 1.807) is 18.7 Å². The Balaban J connectivity index is 4.01. The van der Waals surface area contributed by atoms with Crippen LogP contribution in [0.5, 0.6) is 0 Å². The fraction of sp³-hybridized carbons (Fsp3) is 0.800. The summed E-state index contributed by atoms with van der Waals surface area (Å²) in [6.07, 6.45) is 0.590. The predicted molar refractivity (Wildman–Crippen MR) is 58.4 cm³/mol. The lowest BCUT2D eigenvalue weighted by Gasteiger charge is -2.11. The van der Waals surface area contributed by atoms with Crippen LogP contribution < -0.4 is 0 Å².